The molecule has 0 saturated heterocycles. The van der Waals surface area contributed by atoms with E-state index in [4.69, 9.17) is 0 Å². The van der Waals surface area contributed by atoms with Gasteiger partial charge in [0, 0.05) is 33.5 Å². The molecule has 13 aromatic carbocycles. The molecule has 0 aliphatic rings. The summed E-state index contributed by atoms with van der Waals surface area (Å²) in [5.41, 5.74) is 16.4. The number of hydrogen-bond donors (Lipinski definition) is 0. The van der Waals surface area contributed by atoms with Gasteiger partial charge in [-0.3, -0.25) is 0 Å². The molecule has 0 N–H and O–H groups in total. The lowest BCUT2D eigenvalue weighted by Crippen LogP contribution is -2.74. The van der Waals surface area contributed by atoms with Crippen molar-refractivity contribution in [2.45, 2.75) is 0 Å². The van der Waals surface area contributed by atoms with Crippen LogP contribution in [0.1, 0.15) is 0 Å². The average molecular weight is 1020 g/mol. The molecule has 0 unspecified atom stereocenters. The topological polar surface area (TPSA) is 8.17 Å². The fraction of sp³-hybridized carbons (Fsp3) is 0. The van der Waals surface area contributed by atoms with E-state index in [2.05, 4.69) is 337 Å². The maximum atomic E-state index is 2.41. The van der Waals surface area contributed by atoms with Crippen LogP contribution < -0.4 is 25.6 Å². The molecule has 0 fully saturated rings. The van der Waals surface area contributed by atoms with Crippen molar-refractivity contribution in [1.29, 1.82) is 0 Å². The Hall–Kier alpha value is -10.1. The minimum atomic E-state index is -2.73. The van der Waals surface area contributed by atoms with Crippen LogP contribution in [0.25, 0.3) is 82.8 Å². The molecule has 0 saturated carbocycles. The fourth-order valence-corrected chi connectivity index (χ4v) is 17.0. The number of anilines is 3. The summed E-state index contributed by atoms with van der Waals surface area (Å²) < 4.78 is 2.41. The van der Waals surface area contributed by atoms with Gasteiger partial charge in [0.25, 0.3) is 0 Å². The lowest BCUT2D eigenvalue weighted by atomic mass is 9.96. The van der Waals surface area contributed by atoms with Gasteiger partial charge in [0.15, 0.2) is 8.07 Å². The molecule has 79 heavy (non-hydrogen) atoms. The summed E-state index contributed by atoms with van der Waals surface area (Å²) in [5.74, 6) is 0. The summed E-state index contributed by atoms with van der Waals surface area (Å²) in [6, 6.07) is 120. The second-order valence-corrected chi connectivity index (χ2v) is 24.2. The third-order valence-electron chi connectivity index (χ3n) is 16.0. The molecule has 3 heteroatoms. The van der Waals surface area contributed by atoms with Crippen molar-refractivity contribution in [2.75, 3.05) is 4.90 Å². The van der Waals surface area contributed by atoms with Gasteiger partial charge < -0.3 is 9.47 Å². The molecular weight excluding hydrogens is 969 g/mol. The van der Waals surface area contributed by atoms with E-state index in [9.17, 15) is 0 Å². The second-order valence-electron chi connectivity index (χ2n) is 20.4. The Balaban J connectivity index is 0.827. The standard InChI is InChI=1S/C76H54N2Si/c1-5-19-55(20-6-1)57-41-47-65(48-42-57)78-74-33-16-15-30-73(74)76-72(32-18-34-75(76)78)61-37-35-56(36-38-61)58-39-45-62(46-40-58)77(63-49-43-60(44-50-63)71-31-17-22-59-21-13-14-29-70(59)71)64-51-53-69(54-52-64)79(66-23-7-2-8-24-66,67-25-9-3-10-26-67)68-27-11-4-12-28-68/h1-54H. The van der Waals surface area contributed by atoms with E-state index in [1.165, 1.54) is 92.3 Å². The zero-order valence-corrected chi connectivity index (χ0v) is 44.6. The highest BCUT2D eigenvalue weighted by Crippen LogP contribution is 2.41. The molecule has 372 valence electrons. The predicted octanol–water partition coefficient (Wildman–Crippen LogP) is 17.5. The largest absolute Gasteiger partial charge is 0.311 e. The van der Waals surface area contributed by atoms with Crippen molar-refractivity contribution >= 4 is 78.5 Å². The Morgan fingerprint density at radius 1 is 0.241 bits per heavy atom. The number of fused-ring (bicyclic) bond motifs is 4. The van der Waals surface area contributed by atoms with Crippen LogP contribution in [0.2, 0.25) is 0 Å². The van der Waals surface area contributed by atoms with Gasteiger partial charge in [0.2, 0.25) is 0 Å². The Morgan fingerprint density at radius 3 is 1.19 bits per heavy atom. The number of rotatable bonds is 12. The van der Waals surface area contributed by atoms with E-state index >= 15 is 0 Å². The number of aromatic nitrogens is 1. The molecule has 14 aromatic rings. The number of hydrogen-bond acceptors (Lipinski definition) is 1. The van der Waals surface area contributed by atoms with E-state index in [1.54, 1.807) is 0 Å². The van der Waals surface area contributed by atoms with Gasteiger partial charge in [-0.15, -0.1) is 0 Å². The Labute approximate surface area is 463 Å². The first-order valence-corrected chi connectivity index (χ1v) is 29.2. The molecular formula is C76H54N2Si. The summed E-state index contributed by atoms with van der Waals surface area (Å²) >= 11 is 0. The van der Waals surface area contributed by atoms with Crippen molar-refractivity contribution < 1.29 is 0 Å². The monoisotopic (exact) mass is 1020 g/mol. The molecule has 0 radical (unpaired) electrons. The molecule has 0 spiro atoms. The number of benzene rings is 13. The van der Waals surface area contributed by atoms with Gasteiger partial charge in [-0.2, -0.15) is 0 Å². The molecule has 1 heterocycles. The lowest BCUT2D eigenvalue weighted by molar-refractivity contribution is 1.18. The van der Waals surface area contributed by atoms with Gasteiger partial charge in [-0.05, 0) is 137 Å². The fourth-order valence-electron chi connectivity index (χ4n) is 12.3. The zero-order valence-electron chi connectivity index (χ0n) is 43.6. The first-order valence-electron chi connectivity index (χ1n) is 27.2. The highest BCUT2D eigenvalue weighted by Gasteiger charge is 2.41. The van der Waals surface area contributed by atoms with Crippen molar-refractivity contribution in [1.82, 2.24) is 4.57 Å². The molecule has 14 rings (SSSR count). The number of nitrogens with zero attached hydrogens (tertiary/aromatic N) is 2. The molecule has 1 aromatic heterocycles. The van der Waals surface area contributed by atoms with E-state index in [1.807, 2.05) is 0 Å². The van der Waals surface area contributed by atoms with E-state index in [0.717, 1.165) is 28.3 Å². The molecule has 0 aliphatic heterocycles. The highest BCUT2D eigenvalue weighted by molar-refractivity contribution is 7.19. The maximum Gasteiger partial charge on any atom is 0.179 e. The maximum absolute atomic E-state index is 2.73. The number of para-hydroxylation sites is 1. The van der Waals surface area contributed by atoms with Gasteiger partial charge >= 0.3 is 0 Å². The minimum absolute atomic E-state index is 1.08. The summed E-state index contributed by atoms with van der Waals surface area (Å²) in [7, 11) is -2.73. The van der Waals surface area contributed by atoms with Crippen molar-refractivity contribution in [3.05, 3.63) is 328 Å². The molecule has 0 atom stereocenters. The van der Waals surface area contributed by atoms with Gasteiger partial charge in [-0.1, -0.05) is 267 Å². The Morgan fingerprint density at radius 2 is 0.608 bits per heavy atom. The molecule has 2 nitrogen and oxygen atoms in total. The zero-order chi connectivity index (χ0) is 52.5. The predicted molar refractivity (Wildman–Crippen MR) is 338 cm³/mol. The summed E-state index contributed by atoms with van der Waals surface area (Å²) in [6.45, 7) is 0. The van der Waals surface area contributed by atoms with Crippen LogP contribution in [-0.4, -0.2) is 12.6 Å². The van der Waals surface area contributed by atoms with Crippen LogP contribution >= 0.6 is 0 Å². The van der Waals surface area contributed by atoms with Crippen LogP contribution in [0.5, 0.6) is 0 Å². The Kier molecular flexibility index (Phi) is 12.3. The molecule has 0 bridgehead atoms. The first-order chi connectivity index (χ1) is 39.2. The van der Waals surface area contributed by atoms with Crippen LogP contribution in [0.15, 0.2) is 328 Å². The summed E-state index contributed by atoms with van der Waals surface area (Å²) in [5, 5.41) is 10.4. The summed E-state index contributed by atoms with van der Waals surface area (Å²) in [6.07, 6.45) is 0. The third kappa shape index (κ3) is 8.54. The first kappa shape index (κ1) is 47.4. The second kappa shape index (κ2) is 20.5. The Bertz CT molecular complexity index is 4300. The van der Waals surface area contributed by atoms with Crippen LogP contribution in [0, 0.1) is 0 Å². The molecule has 0 aliphatic carbocycles. The van der Waals surface area contributed by atoms with Gasteiger partial charge in [-0.25, -0.2) is 0 Å². The quantitative estimate of drug-likeness (QED) is 0.0875. The van der Waals surface area contributed by atoms with Crippen LogP contribution in [0.3, 0.4) is 0 Å². The van der Waals surface area contributed by atoms with Crippen molar-refractivity contribution in [3.8, 4) is 50.2 Å². The average Bonchev–Trinajstić information content (AvgIpc) is 3.99. The van der Waals surface area contributed by atoms with Crippen LogP contribution in [-0.2, 0) is 0 Å². The van der Waals surface area contributed by atoms with E-state index in [0.29, 0.717) is 0 Å². The SMILES string of the molecule is c1ccc(-c2ccc(-n3c4ccccc4c4c(-c5ccc(-c6ccc(N(c7ccc(-c8cccc9ccccc89)cc7)c7ccc([Si](c8ccccc8)(c8ccccc8)c8ccccc8)cc7)cc6)cc5)cccc43)cc2)cc1. The smallest absolute Gasteiger partial charge is 0.179 e. The van der Waals surface area contributed by atoms with E-state index in [-0.39, 0.29) is 0 Å². The molecule has 0 amide bonds. The normalized spacial score (nSPS) is 11.5. The van der Waals surface area contributed by atoms with Crippen LogP contribution in [0.4, 0.5) is 17.1 Å². The highest BCUT2D eigenvalue weighted by atomic mass is 28.3. The minimum Gasteiger partial charge on any atom is -0.311 e. The van der Waals surface area contributed by atoms with Gasteiger partial charge in [0.1, 0.15) is 0 Å². The van der Waals surface area contributed by atoms with Crippen molar-refractivity contribution in [2.24, 2.45) is 0 Å². The lowest BCUT2D eigenvalue weighted by Gasteiger charge is -2.35. The summed E-state index contributed by atoms with van der Waals surface area (Å²) in [4.78, 5) is 2.40. The van der Waals surface area contributed by atoms with E-state index < -0.39 is 8.07 Å². The van der Waals surface area contributed by atoms with Gasteiger partial charge in [0.05, 0.1) is 11.0 Å². The van der Waals surface area contributed by atoms with Crippen molar-refractivity contribution in [3.63, 3.8) is 0 Å². The third-order valence-corrected chi connectivity index (χ3v) is 20.8.